The Morgan fingerprint density at radius 2 is 1.95 bits per heavy atom. The zero-order chi connectivity index (χ0) is 14.7. The van der Waals surface area contributed by atoms with Gasteiger partial charge in [0.15, 0.2) is 0 Å². The third kappa shape index (κ3) is 3.40. The molecule has 0 atom stereocenters. The summed E-state index contributed by atoms with van der Waals surface area (Å²) in [6.07, 6.45) is 0. The van der Waals surface area contributed by atoms with E-state index in [-0.39, 0.29) is 12.4 Å². The van der Waals surface area contributed by atoms with Gasteiger partial charge in [-0.05, 0) is 46.6 Å². The lowest BCUT2D eigenvalue weighted by Crippen LogP contribution is -2.05. The van der Waals surface area contributed by atoms with Crippen LogP contribution in [0.1, 0.15) is 16.7 Å². The predicted octanol–water partition coefficient (Wildman–Crippen LogP) is 4.70. The molecule has 0 bridgehead atoms. The third-order valence-electron chi connectivity index (χ3n) is 2.94. The van der Waals surface area contributed by atoms with Crippen LogP contribution in [0.5, 0.6) is 5.75 Å². The molecule has 0 saturated carbocycles. The standard InChI is InChI=1S/C15H14Br2FNO/c1-9-5-12(16)6-11(7-19)15(9)20-8-10-3-2-4-13(18)14(10)17/h2-6H,7-8,19H2,1H3. The second-order valence-electron chi connectivity index (χ2n) is 4.42. The maximum absolute atomic E-state index is 13.5. The van der Waals surface area contributed by atoms with Crippen molar-refractivity contribution in [3.8, 4) is 5.75 Å². The third-order valence-corrected chi connectivity index (χ3v) is 4.29. The van der Waals surface area contributed by atoms with Crippen molar-refractivity contribution in [3.63, 3.8) is 0 Å². The van der Waals surface area contributed by atoms with E-state index < -0.39 is 0 Å². The first kappa shape index (κ1) is 15.5. The Morgan fingerprint density at radius 3 is 2.65 bits per heavy atom. The summed E-state index contributed by atoms with van der Waals surface area (Å²) in [6, 6.07) is 8.79. The van der Waals surface area contributed by atoms with Crippen molar-refractivity contribution in [2.45, 2.75) is 20.1 Å². The van der Waals surface area contributed by atoms with E-state index in [1.54, 1.807) is 6.07 Å². The molecule has 0 fully saturated rings. The van der Waals surface area contributed by atoms with Gasteiger partial charge in [-0.1, -0.05) is 28.1 Å². The number of benzene rings is 2. The molecule has 0 saturated heterocycles. The van der Waals surface area contributed by atoms with E-state index in [0.29, 0.717) is 11.0 Å². The molecule has 5 heteroatoms. The maximum Gasteiger partial charge on any atom is 0.137 e. The Hall–Kier alpha value is -0.910. The molecular formula is C15H14Br2FNO. The predicted molar refractivity (Wildman–Crippen MR) is 85.2 cm³/mol. The van der Waals surface area contributed by atoms with Crippen molar-refractivity contribution in [2.75, 3.05) is 0 Å². The fraction of sp³-hybridized carbons (Fsp3) is 0.200. The highest BCUT2D eigenvalue weighted by atomic mass is 79.9. The van der Waals surface area contributed by atoms with E-state index in [4.69, 9.17) is 10.5 Å². The average molecular weight is 403 g/mol. The van der Waals surface area contributed by atoms with Crippen molar-refractivity contribution in [1.29, 1.82) is 0 Å². The van der Waals surface area contributed by atoms with Crippen LogP contribution >= 0.6 is 31.9 Å². The minimum absolute atomic E-state index is 0.286. The molecule has 20 heavy (non-hydrogen) atoms. The van der Waals surface area contributed by atoms with Crippen LogP contribution in [0.15, 0.2) is 39.3 Å². The molecule has 0 radical (unpaired) electrons. The highest BCUT2D eigenvalue weighted by Crippen LogP contribution is 2.29. The Labute approximate surface area is 134 Å². The number of rotatable bonds is 4. The SMILES string of the molecule is Cc1cc(Br)cc(CN)c1OCc1cccc(F)c1Br. The van der Waals surface area contributed by atoms with Gasteiger partial charge in [0.1, 0.15) is 18.2 Å². The van der Waals surface area contributed by atoms with Gasteiger partial charge in [0, 0.05) is 22.1 Å². The summed E-state index contributed by atoms with van der Waals surface area (Å²) >= 11 is 6.67. The van der Waals surface area contributed by atoms with E-state index in [1.165, 1.54) is 6.07 Å². The average Bonchev–Trinajstić information content (AvgIpc) is 2.41. The van der Waals surface area contributed by atoms with Gasteiger partial charge in [-0.2, -0.15) is 0 Å². The zero-order valence-electron chi connectivity index (χ0n) is 10.9. The van der Waals surface area contributed by atoms with Crippen molar-refractivity contribution >= 4 is 31.9 Å². The van der Waals surface area contributed by atoms with Gasteiger partial charge < -0.3 is 10.5 Å². The topological polar surface area (TPSA) is 35.2 Å². The van der Waals surface area contributed by atoms with Crippen LogP contribution in [0.3, 0.4) is 0 Å². The fourth-order valence-electron chi connectivity index (χ4n) is 1.97. The number of hydrogen-bond donors (Lipinski definition) is 1. The van der Waals surface area contributed by atoms with Gasteiger partial charge in [0.05, 0.1) is 4.47 Å². The van der Waals surface area contributed by atoms with Crippen molar-refractivity contribution in [3.05, 3.63) is 61.8 Å². The zero-order valence-corrected chi connectivity index (χ0v) is 14.1. The highest BCUT2D eigenvalue weighted by molar-refractivity contribution is 9.10. The summed E-state index contributed by atoms with van der Waals surface area (Å²) in [6.45, 7) is 2.63. The first-order valence-electron chi connectivity index (χ1n) is 6.07. The molecule has 0 aliphatic rings. The minimum atomic E-state index is -0.294. The van der Waals surface area contributed by atoms with Crippen LogP contribution < -0.4 is 10.5 Å². The molecule has 0 aliphatic heterocycles. The Bertz CT molecular complexity index is 632. The molecule has 0 aliphatic carbocycles. The monoisotopic (exact) mass is 401 g/mol. The van der Waals surface area contributed by atoms with Crippen molar-refractivity contribution in [1.82, 2.24) is 0 Å². The Morgan fingerprint density at radius 1 is 1.20 bits per heavy atom. The molecule has 2 N–H and O–H groups in total. The molecule has 0 unspecified atom stereocenters. The second kappa shape index (κ2) is 6.70. The lowest BCUT2D eigenvalue weighted by atomic mass is 10.1. The molecule has 2 aromatic rings. The Kier molecular flexibility index (Phi) is 5.18. The molecule has 0 heterocycles. The van der Waals surface area contributed by atoms with Gasteiger partial charge in [0.25, 0.3) is 0 Å². The van der Waals surface area contributed by atoms with E-state index >= 15 is 0 Å². The van der Waals surface area contributed by atoms with E-state index in [2.05, 4.69) is 31.9 Å². The minimum Gasteiger partial charge on any atom is -0.488 e. The quantitative estimate of drug-likeness (QED) is 0.804. The molecule has 2 nitrogen and oxygen atoms in total. The first-order valence-corrected chi connectivity index (χ1v) is 7.66. The van der Waals surface area contributed by atoms with E-state index in [0.717, 1.165) is 26.9 Å². The number of nitrogens with two attached hydrogens (primary N) is 1. The summed E-state index contributed by atoms with van der Waals surface area (Å²) in [5.41, 5.74) is 8.41. The van der Waals surface area contributed by atoms with Gasteiger partial charge in [-0.15, -0.1) is 0 Å². The number of aryl methyl sites for hydroxylation is 1. The molecule has 2 rings (SSSR count). The van der Waals surface area contributed by atoms with Gasteiger partial charge in [-0.3, -0.25) is 0 Å². The van der Waals surface area contributed by atoms with E-state index in [1.807, 2.05) is 25.1 Å². The normalized spacial score (nSPS) is 10.7. The number of halogens is 3. The molecule has 2 aromatic carbocycles. The summed E-state index contributed by atoms with van der Waals surface area (Å²) < 4.78 is 20.7. The van der Waals surface area contributed by atoms with Gasteiger partial charge in [-0.25, -0.2) is 4.39 Å². The van der Waals surface area contributed by atoms with Crippen LogP contribution in [0, 0.1) is 12.7 Å². The highest BCUT2D eigenvalue weighted by Gasteiger charge is 2.10. The van der Waals surface area contributed by atoms with Crippen LogP contribution in [-0.2, 0) is 13.2 Å². The number of hydrogen-bond acceptors (Lipinski definition) is 2. The molecule has 0 amide bonds. The lowest BCUT2D eigenvalue weighted by molar-refractivity contribution is 0.299. The molecular weight excluding hydrogens is 389 g/mol. The maximum atomic E-state index is 13.5. The summed E-state index contributed by atoms with van der Waals surface area (Å²) in [5, 5.41) is 0. The molecule has 0 aromatic heterocycles. The summed E-state index contributed by atoms with van der Waals surface area (Å²) in [5.74, 6) is 0.463. The van der Waals surface area contributed by atoms with Crippen LogP contribution in [-0.4, -0.2) is 0 Å². The van der Waals surface area contributed by atoms with Crippen molar-refractivity contribution < 1.29 is 9.13 Å². The van der Waals surface area contributed by atoms with Crippen LogP contribution in [0.2, 0.25) is 0 Å². The number of ether oxygens (including phenoxy) is 1. The fourth-order valence-corrected chi connectivity index (χ4v) is 2.97. The largest absolute Gasteiger partial charge is 0.488 e. The summed E-state index contributed by atoms with van der Waals surface area (Å²) in [7, 11) is 0. The molecule has 0 spiro atoms. The Balaban J connectivity index is 2.25. The smallest absolute Gasteiger partial charge is 0.137 e. The van der Waals surface area contributed by atoms with Crippen LogP contribution in [0.4, 0.5) is 4.39 Å². The van der Waals surface area contributed by atoms with Gasteiger partial charge >= 0.3 is 0 Å². The van der Waals surface area contributed by atoms with Crippen LogP contribution in [0.25, 0.3) is 0 Å². The van der Waals surface area contributed by atoms with Crippen molar-refractivity contribution in [2.24, 2.45) is 5.73 Å². The van der Waals surface area contributed by atoms with E-state index in [9.17, 15) is 4.39 Å². The summed E-state index contributed by atoms with van der Waals surface area (Å²) in [4.78, 5) is 0. The first-order chi connectivity index (χ1) is 9.52. The second-order valence-corrected chi connectivity index (χ2v) is 6.13. The molecule has 106 valence electrons. The van der Waals surface area contributed by atoms with Gasteiger partial charge in [0.2, 0.25) is 0 Å². The lowest BCUT2D eigenvalue weighted by Gasteiger charge is -2.15.